The molecule has 0 aromatic heterocycles. The summed E-state index contributed by atoms with van der Waals surface area (Å²) in [6.45, 7) is 4.34. The van der Waals surface area contributed by atoms with Crippen LogP contribution in [0.1, 0.15) is 23.6 Å². The fourth-order valence-corrected chi connectivity index (χ4v) is 5.31. The Morgan fingerprint density at radius 1 is 0.972 bits per heavy atom. The molecule has 1 N–H and O–H groups in total. The third kappa shape index (κ3) is 5.91. The first-order valence-electron chi connectivity index (χ1n) is 11.5. The minimum atomic E-state index is -4.14. The molecule has 0 saturated heterocycles. The van der Waals surface area contributed by atoms with Gasteiger partial charge in [0.1, 0.15) is 18.4 Å². The van der Waals surface area contributed by atoms with E-state index in [-0.39, 0.29) is 17.0 Å². The average Bonchev–Trinajstić information content (AvgIpc) is 2.87. The van der Waals surface area contributed by atoms with E-state index in [1.807, 2.05) is 13.0 Å². The zero-order chi connectivity index (χ0) is 26.5. The molecule has 3 aromatic carbocycles. The van der Waals surface area contributed by atoms with Crippen LogP contribution in [0.5, 0.6) is 0 Å². The van der Waals surface area contributed by atoms with Gasteiger partial charge in [-0.2, -0.15) is 0 Å². The molecular formula is C27H30FN3O4S. The first-order chi connectivity index (χ1) is 17.1. The topological polar surface area (TPSA) is 86.8 Å². The van der Waals surface area contributed by atoms with Crippen molar-refractivity contribution in [2.75, 3.05) is 17.9 Å². The van der Waals surface area contributed by atoms with E-state index < -0.39 is 40.2 Å². The summed E-state index contributed by atoms with van der Waals surface area (Å²) in [6.07, 6.45) is 0. The molecule has 190 valence electrons. The first-order valence-corrected chi connectivity index (χ1v) is 12.9. The lowest BCUT2D eigenvalue weighted by molar-refractivity contribution is -0.139. The maximum Gasteiger partial charge on any atom is 0.264 e. The Labute approximate surface area is 211 Å². The van der Waals surface area contributed by atoms with Crippen molar-refractivity contribution < 1.29 is 22.4 Å². The number of carbonyl (C=O) groups excluding carboxylic acids is 2. The number of sulfonamides is 1. The Morgan fingerprint density at radius 3 is 2.25 bits per heavy atom. The monoisotopic (exact) mass is 511 g/mol. The molecule has 0 spiro atoms. The Hall–Kier alpha value is -3.72. The third-order valence-electron chi connectivity index (χ3n) is 5.96. The number of halogens is 1. The van der Waals surface area contributed by atoms with Crippen LogP contribution in [0.3, 0.4) is 0 Å². The molecular weight excluding hydrogens is 481 g/mol. The summed E-state index contributed by atoms with van der Waals surface area (Å²) in [5, 5.41) is 2.50. The maximum absolute atomic E-state index is 14.5. The summed E-state index contributed by atoms with van der Waals surface area (Å²) in [6, 6.07) is 18.2. The summed E-state index contributed by atoms with van der Waals surface area (Å²) in [5.41, 5.74) is 2.04. The molecule has 3 aromatic rings. The number of nitrogens with zero attached hydrogens (tertiary/aromatic N) is 2. The lowest BCUT2D eigenvalue weighted by Crippen LogP contribution is -2.51. The van der Waals surface area contributed by atoms with Crippen LogP contribution < -0.4 is 9.62 Å². The Kier molecular flexibility index (Phi) is 8.47. The number of aryl methyl sites for hydroxylation is 2. The second kappa shape index (κ2) is 11.3. The van der Waals surface area contributed by atoms with Gasteiger partial charge in [0.2, 0.25) is 11.8 Å². The lowest BCUT2D eigenvalue weighted by atomic mass is 10.1. The van der Waals surface area contributed by atoms with Crippen LogP contribution in [0.25, 0.3) is 0 Å². The predicted molar refractivity (Wildman–Crippen MR) is 137 cm³/mol. The highest BCUT2D eigenvalue weighted by atomic mass is 32.2. The number of hydrogen-bond donors (Lipinski definition) is 1. The molecule has 7 nitrogen and oxygen atoms in total. The average molecular weight is 512 g/mol. The van der Waals surface area contributed by atoms with Crippen molar-refractivity contribution in [3.63, 3.8) is 0 Å². The zero-order valence-corrected chi connectivity index (χ0v) is 21.5. The molecule has 9 heteroatoms. The predicted octanol–water partition coefficient (Wildman–Crippen LogP) is 3.80. The smallest absolute Gasteiger partial charge is 0.264 e. The fraction of sp³-hybridized carbons (Fsp3) is 0.259. The van der Waals surface area contributed by atoms with E-state index >= 15 is 0 Å². The lowest BCUT2D eigenvalue weighted by Gasteiger charge is -2.32. The number of hydrogen-bond acceptors (Lipinski definition) is 4. The number of amides is 2. The number of nitrogens with one attached hydrogen (secondary N) is 1. The number of rotatable bonds is 9. The number of likely N-dealkylation sites (N-methyl/N-ethyl adjacent to an activating group) is 1. The minimum Gasteiger partial charge on any atom is -0.357 e. The number of anilines is 1. The van der Waals surface area contributed by atoms with Gasteiger partial charge in [-0.15, -0.1) is 0 Å². The van der Waals surface area contributed by atoms with Crippen LogP contribution in [-0.2, 0) is 26.2 Å². The normalized spacial score (nSPS) is 12.0. The highest BCUT2D eigenvalue weighted by Gasteiger charge is 2.33. The van der Waals surface area contributed by atoms with Gasteiger partial charge < -0.3 is 10.2 Å². The van der Waals surface area contributed by atoms with Crippen molar-refractivity contribution >= 4 is 27.5 Å². The molecule has 0 saturated carbocycles. The van der Waals surface area contributed by atoms with Gasteiger partial charge in [-0.05, 0) is 56.2 Å². The highest BCUT2D eigenvalue weighted by Crippen LogP contribution is 2.28. The molecule has 0 bridgehead atoms. The summed E-state index contributed by atoms with van der Waals surface area (Å²) < 4.78 is 43.0. The molecule has 0 radical (unpaired) electrons. The number of carbonyl (C=O) groups is 2. The van der Waals surface area contributed by atoms with Gasteiger partial charge in [0.05, 0.1) is 10.6 Å². The summed E-state index contributed by atoms with van der Waals surface area (Å²) in [4.78, 5) is 27.4. The quantitative estimate of drug-likeness (QED) is 0.474. The Bertz CT molecular complexity index is 1350. The van der Waals surface area contributed by atoms with E-state index in [0.717, 1.165) is 9.87 Å². The highest BCUT2D eigenvalue weighted by molar-refractivity contribution is 7.92. The van der Waals surface area contributed by atoms with Crippen LogP contribution >= 0.6 is 0 Å². The first kappa shape index (κ1) is 26.9. The van der Waals surface area contributed by atoms with Gasteiger partial charge in [-0.3, -0.25) is 13.9 Å². The second-order valence-corrected chi connectivity index (χ2v) is 10.4. The van der Waals surface area contributed by atoms with Crippen LogP contribution in [-0.4, -0.2) is 44.8 Å². The van der Waals surface area contributed by atoms with Crippen LogP contribution in [0, 0.1) is 19.7 Å². The van der Waals surface area contributed by atoms with Crippen LogP contribution in [0.2, 0.25) is 0 Å². The van der Waals surface area contributed by atoms with E-state index in [1.54, 1.807) is 43.3 Å². The molecule has 2 amide bonds. The zero-order valence-electron chi connectivity index (χ0n) is 20.7. The van der Waals surface area contributed by atoms with Crippen molar-refractivity contribution in [3.05, 3.63) is 95.3 Å². The molecule has 0 aliphatic heterocycles. The van der Waals surface area contributed by atoms with Crippen molar-refractivity contribution in [1.82, 2.24) is 10.2 Å². The van der Waals surface area contributed by atoms with Crippen LogP contribution in [0.4, 0.5) is 10.1 Å². The second-order valence-electron chi connectivity index (χ2n) is 8.52. The molecule has 36 heavy (non-hydrogen) atoms. The van der Waals surface area contributed by atoms with E-state index in [2.05, 4.69) is 5.32 Å². The largest absolute Gasteiger partial charge is 0.357 e. The summed E-state index contributed by atoms with van der Waals surface area (Å²) in [7, 11) is -2.71. The van der Waals surface area contributed by atoms with E-state index in [4.69, 9.17) is 0 Å². The van der Waals surface area contributed by atoms with E-state index in [0.29, 0.717) is 11.3 Å². The van der Waals surface area contributed by atoms with Gasteiger partial charge in [0.25, 0.3) is 10.0 Å². The SMILES string of the molecule is CNC(=O)[C@@H](C)N(Cc1ccccc1F)C(=O)CN(c1cc(C)ccc1C)S(=O)(=O)c1ccccc1. The van der Waals surface area contributed by atoms with Crippen LogP contribution in [0.15, 0.2) is 77.7 Å². The van der Waals surface area contributed by atoms with E-state index in [1.165, 1.54) is 49.2 Å². The molecule has 3 rings (SSSR count). The third-order valence-corrected chi connectivity index (χ3v) is 7.73. The molecule has 0 aliphatic rings. The van der Waals surface area contributed by atoms with Crippen molar-refractivity contribution in [2.24, 2.45) is 0 Å². The van der Waals surface area contributed by atoms with Gasteiger partial charge in [-0.1, -0.05) is 48.5 Å². The summed E-state index contributed by atoms with van der Waals surface area (Å²) in [5.74, 6) is -1.62. The molecule has 0 aliphatic carbocycles. The van der Waals surface area contributed by atoms with Crippen molar-refractivity contribution in [3.8, 4) is 0 Å². The van der Waals surface area contributed by atoms with Gasteiger partial charge >= 0.3 is 0 Å². The molecule has 1 atom stereocenters. The van der Waals surface area contributed by atoms with Gasteiger partial charge in [0, 0.05) is 19.2 Å². The minimum absolute atomic E-state index is 0.0266. The van der Waals surface area contributed by atoms with Crippen molar-refractivity contribution in [2.45, 2.75) is 38.3 Å². The summed E-state index contributed by atoms with van der Waals surface area (Å²) >= 11 is 0. The Balaban J connectivity index is 2.08. The van der Waals surface area contributed by atoms with E-state index in [9.17, 15) is 22.4 Å². The maximum atomic E-state index is 14.5. The molecule has 0 heterocycles. The molecule has 0 fully saturated rings. The van der Waals surface area contributed by atoms with Gasteiger partial charge in [-0.25, -0.2) is 12.8 Å². The standard InChI is InChI=1S/C27H30FN3O4S/c1-19-14-15-20(2)25(16-19)31(36(34,35)23-11-6-5-7-12-23)18-26(32)30(21(3)27(33)29-4)17-22-10-8-9-13-24(22)28/h5-16,21H,17-18H2,1-4H3,(H,29,33)/t21-/m1/s1. The fourth-order valence-electron chi connectivity index (χ4n) is 3.82. The number of benzene rings is 3. The van der Waals surface area contributed by atoms with Gasteiger partial charge in [0.15, 0.2) is 0 Å². The Morgan fingerprint density at radius 2 is 1.61 bits per heavy atom. The molecule has 0 unspecified atom stereocenters. The van der Waals surface area contributed by atoms with Crippen molar-refractivity contribution in [1.29, 1.82) is 0 Å².